The summed E-state index contributed by atoms with van der Waals surface area (Å²) in [6, 6.07) is 6.19. The predicted molar refractivity (Wildman–Crippen MR) is 79.6 cm³/mol. The van der Waals surface area contributed by atoms with Gasteiger partial charge < -0.3 is 9.47 Å². The van der Waals surface area contributed by atoms with Crippen LogP contribution in [0.1, 0.15) is 31.2 Å². The molecular weight excluding hydrogens is 272 g/mol. The van der Waals surface area contributed by atoms with Crippen molar-refractivity contribution in [2.45, 2.75) is 36.2 Å². The zero-order valence-electron chi connectivity index (χ0n) is 11.3. The van der Waals surface area contributed by atoms with Crippen molar-refractivity contribution < 1.29 is 13.7 Å². The van der Waals surface area contributed by atoms with Gasteiger partial charge in [-0.2, -0.15) is 0 Å². The van der Waals surface area contributed by atoms with Gasteiger partial charge in [-0.15, -0.1) is 0 Å². The molecule has 3 nitrogen and oxygen atoms in total. The summed E-state index contributed by atoms with van der Waals surface area (Å²) in [6.45, 7) is 1.43. The Labute approximate surface area is 121 Å². The van der Waals surface area contributed by atoms with Gasteiger partial charge in [0, 0.05) is 22.5 Å². The number of rotatable bonds is 1. The van der Waals surface area contributed by atoms with E-state index in [0.29, 0.717) is 11.9 Å². The summed E-state index contributed by atoms with van der Waals surface area (Å²) < 4.78 is 23.5. The highest BCUT2D eigenvalue weighted by Gasteiger charge is 2.36. The zero-order valence-corrected chi connectivity index (χ0v) is 12.2. The maximum Gasteiger partial charge on any atom is 0.161 e. The second kappa shape index (κ2) is 4.92. The molecule has 1 saturated heterocycles. The molecule has 0 aliphatic carbocycles. The van der Waals surface area contributed by atoms with Gasteiger partial charge in [0.2, 0.25) is 0 Å². The summed E-state index contributed by atoms with van der Waals surface area (Å²) in [5.41, 5.74) is 2.52. The molecule has 0 saturated carbocycles. The zero-order chi connectivity index (χ0) is 13.5. The van der Waals surface area contributed by atoms with Crippen LogP contribution in [-0.2, 0) is 10.8 Å². The Hall–Kier alpha value is -1.29. The van der Waals surface area contributed by atoms with Crippen LogP contribution in [0.15, 0.2) is 24.3 Å². The van der Waals surface area contributed by atoms with Gasteiger partial charge in [0.05, 0.1) is 18.5 Å². The molecule has 3 aliphatic heterocycles. The van der Waals surface area contributed by atoms with E-state index in [2.05, 4.69) is 18.2 Å². The second-order valence-corrected chi connectivity index (χ2v) is 7.60. The molecule has 1 aromatic carbocycles. The third-order valence-corrected chi connectivity index (χ3v) is 6.38. The number of allylic oxidation sites excluding steroid dienone is 1. The molecule has 3 unspecified atom stereocenters. The van der Waals surface area contributed by atoms with Gasteiger partial charge in [-0.3, -0.25) is 4.21 Å². The average molecular weight is 290 g/mol. The Morgan fingerprint density at radius 3 is 2.80 bits per heavy atom. The van der Waals surface area contributed by atoms with Crippen molar-refractivity contribution in [2.24, 2.45) is 0 Å². The quantitative estimate of drug-likeness (QED) is 0.798. The van der Waals surface area contributed by atoms with E-state index >= 15 is 0 Å². The molecule has 0 radical (unpaired) electrons. The lowest BCUT2D eigenvalue weighted by Crippen LogP contribution is -2.19. The number of hydrogen-bond donors (Lipinski definition) is 0. The highest BCUT2D eigenvalue weighted by molar-refractivity contribution is 7.86. The van der Waals surface area contributed by atoms with Gasteiger partial charge in [-0.1, -0.05) is 12.1 Å². The van der Waals surface area contributed by atoms with Crippen LogP contribution in [0.3, 0.4) is 0 Å². The molecule has 4 heteroatoms. The largest absolute Gasteiger partial charge is 0.490 e. The average Bonchev–Trinajstić information content (AvgIpc) is 2.70. The van der Waals surface area contributed by atoms with Crippen LogP contribution in [0, 0.1) is 0 Å². The Morgan fingerprint density at radius 2 is 1.95 bits per heavy atom. The van der Waals surface area contributed by atoms with Crippen molar-refractivity contribution in [3.8, 4) is 11.5 Å². The van der Waals surface area contributed by atoms with Crippen molar-refractivity contribution in [1.29, 1.82) is 0 Å². The molecule has 0 spiro atoms. The number of ether oxygens (including phenoxy) is 2. The lowest BCUT2D eigenvalue weighted by Gasteiger charge is -2.20. The van der Waals surface area contributed by atoms with Crippen LogP contribution in [0.5, 0.6) is 11.5 Å². The van der Waals surface area contributed by atoms with Crippen molar-refractivity contribution in [3.05, 3.63) is 29.8 Å². The molecule has 3 heterocycles. The fourth-order valence-electron chi connectivity index (χ4n) is 3.28. The molecule has 1 aromatic rings. The van der Waals surface area contributed by atoms with Gasteiger partial charge in [-0.05, 0) is 42.5 Å². The standard InChI is InChI=1S/C16H18O3S/c17-20-13-3-4-14(20)9-12(8-13)11-2-5-15-16(10-11)19-7-1-6-18-15/h2,5,8,10,13-14H,1,3-4,6-7,9H2. The first kappa shape index (κ1) is 12.5. The summed E-state index contributed by atoms with van der Waals surface area (Å²) in [4.78, 5) is 0. The molecule has 4 rings (SSSR count). The molecule has 3 atom stereocenters. The van der Waals surface area contributed by atoms with Gasteiger partial charge in [0.15, 0.2) is 11.5 Å². The first-order chi connectivity index (χ1) is 9.81. The maximum atomic E-state index is 12.1. The van der Waals surface area contributed by atoms with E-state index in [-0.39, 0.29) is 5.25 Å². The van der Waals surface area contributed by atoms with Crippen LogP contribution in [-0.4, -0.2) is 27.9 Å². The maximum absolute atomic E-state index is 12.1. The minimum Gasteiger partial charge on any atom is -0.490 e. The summed E-state index contributed by atoms with van der Waals surface area (Å²) in [5.74, 6) is 1.69. The van der Waals surface area contributed by atoms with E-state index in [1.54, 1.807) is 0 Å². The van der Waals surface area contributed by atoms with E-state index < -0.39 is 10.8 Å². The summed E-state index contributed by atoms with van der Waals surface area (Å²) in [5, 5.41) is 0.621. The lowest BCUT2D eigenvalue weighted by atomic mass is 10.0. The predicted octanol–water partition coefficient (Wildman–Crippen LogP) is 2.91. The van der Waals surface area contributed by atoms with Gasteiger partial charge in [0.25, 0.3) is 0 Å². The first-order valence-electron chi connectivity index (χ1n) is 7.31. The molecule has 0 N–H and O–H groups in total. The Bertz CT molecular complexity index is 593. The molecule has 20 heavy (non-hydrogen) atoms. The summed E-state index contributed by atoms with van der Waals surface area (Å²) >= 11 is 0. The van der Waals surface area contributed by atoms with Gasteiger partial charge in [0.1, 0.15) is 0 Å². The van der Waals surface area contributed by atoms with Crippen molar-refractivity contribution in [3.63, 3.8) is 0 Å². The molecule has 3 aliphatic rings. The smallest absolute Gasteiger partial charge is 0.161 e. The van der Waals surface area contributed by atoms with E-state index in [4.69, 9.17) is 9.47 Å². The minimum atomic E-state index is -0.650. The number of fused-ring (bicyclic) bond motifs is 3. The van der Waals surface area contributed by atoms with Crippen LogP contribution in [0.25, 0.3) is 5.57 Å². The topological polar surface area (TPSA) is 35.5 Å². The van der Waals surface area contributed by atoms with Crippen LogP contribution >= 0.6 is 0 Å². The summed E-state index contributed by atoms with van der Waals surface area (Å²) in [7, 11) is -0.650. The minimum absolute atomic E-state index is 0.264. The highest BCUT2D eigenvalue weighted by Crippen LogP contribution is 2.40. The normalized spacial score (nSPS) is 31.6. The van der Waals surface area contributed by atoms with Crippen LogP contribution in [0.4, 0.5) is 0 Å². The fourth-order valence-corrected chi connectivity index (χ4v) is 5.15. The Morgan fingerprint density at radius 1 is 1.10 bits per heavy atom. The summed E-state index contributed by atoms with van der Waals surface area (Å²) in [6.07, 6.45) is 6.25. The molecule has 2 bridgehead atoms. The van der Waals surface area contributed by atoms with Crippen molar-refractivity contribution in [1.82, 2.24) is 0 Å². The molecule has 1 fully saturated rings. The molecule has 106 valence electrons. The highest BCUT2D eigenvalue weighted by atomic mass is 32.2. The van der Waals surface area contributed by atoms with E-state index in [9.17, 15) is 4.21 Å². The lowest BCUT2D eigenvalue weighted by molar-refractivity contribution is 0.297. The van der Waals surface area contributed by atoms with Gasteiger partial charge in [-0.25, -0.2) is 0 Å². The molecular formula is C16H18O3S. The number of hydrogen-bond acceptors (Lipinski definition) is 3. The fraction of sp³-hybridized carbons (Fsp3) is 0.500. The van der Waals surface area contributed by atoms with E-state index in [1.165, 1.54) is 11.1 Å². The first-order valence-corrected chi connectivity index (χ1v) is 8.59. The van der Waals surface area contributed by atoms with Crippen LogP contribution in [0.2, 0.25) is 0 Å². The van der Waals surface area contributed by atoms with E-state index in [1.807, 2.05) is 6.07 Å². The van der Waals surface area contributed by atoms with Gasteiger partial charge >= 0.3 is 0 Å². The molecule has 0 amide bonds. The second-order valence-electron chi connectivity index (χ2n) is 5.67. The van der Waals surface area contributed by atoms with Crippen molar-refractivity contribution >= 4 is 16.4 Å². The Balaban J connectivity index is 1.68. The SMILES string of the molecule is O=S1C2C=C(c3ccc4c(c3)OCCCO4)CC1CC2. The third-order valence-electron chi connectivity index (χ3n) is 4.35. The Kier molecular flexibility index (Phi) is 3.06. The van der Waals surface area contributed by atoms with Crippen molar-refractivity contribution in [2.75, 3.05) is 13.2 Å². The third kappa shape index (κ3) is 2.06. The number of benzene rings is 1. The monoisotopic (exact) mass is 290 g/mol. The van der Waals surface area contributed by atoms with Crippen LogP contribution < -0.4 is 9.47 Å². The van der Waals surface area contributed by atoms with E-state index in [0.717, 1.165) is 43.8 Å². The molecule has 0 aromatic heterocycles.